The highest BCUT2D eigenvalue weighted by molar-refractivity contribution is 6.04. The lowest BCUT2D eigenvalue weighted by atomic mass is 10.0. The fraction of sp³-hybridized carbons (Fsp3) is 0.357. The lowest BCUT2D eigenvalue weighted by Crippen LogP contribution is -2.04. The van der Waals surface area contributed by atoms with Gasteiger partial charge in [-0.2, -0.15) is 0 Å². The summed E-state index contributed by atoms with van der Waals surface area (Å²) in [5.41, 5.74) is 3.32. The van der Waals surface area contributed by atoms with Gasteiger partial charge in [0.15, 0.2) is 0 Å². The van der Waals surface area contributed by atoms with Crippen LogP contribution in [0.5, 0.6) is 0 Å². The van der Waals surface area contributed by atoms with E-state index < -0.39 is 5.97 Å². The van der Waals surface area contributed by atoms with Gasteiger partial charge in [0.2, 0.25) is 0 Å². The standard InChI is InChI=1S/C14H17NO2/c1-4-10-8-15(5-2)13-11(10)7-6-9(3)12(13)14(16)17/h6-8H,4-5H2,1-3H3,(H,16,17). The van der Waals surface area contributed by atoms with Crippen molar-refractivity contribution in [3.05, 3.63) is 35.0 Å². The van der Waals surface area contributed by atoms with Crippen molar-refractivity contribution >= 4 is 16.9 Å². The molecule has 0 fully saturated rings. The van der Waals surface area contributed by atoms with E-state index in [0.29, 0.717) is 5.56 Å². The molecule has 0 aliphatic heterocycles. The molecule has 1 heterocycles. The average Bonchev–Trinajstić information content (AvgIpc) is 2.66. The summed E-state index contributed by atoms with van der Waals surface area (Å²) in [6.07, 6.45) is 2.99. The smallest absolute Gasteiger partial charge is 0.338 e. The van der Waals surface area contributed by atoms with Gasteiger partial charge < -0.3 is 9.67 Å². The van der Waals surface area contributed by atoms with Crippen LogP contribution in [0.3, 0.4) is 0 Å². The third-order valence-electron chi connectivity index (χ3n) is 3.27. The van der Waals surface area contributed by atoms with Crippen LogP contribution in [-0.2, 0) is 13.0 Å². The van der Waals surface area contributed by atoms with Crippen molar-refractivity contribution in [1.82, 2.24) is 4.57 Å². The molecule has 2 aromatic rings. The fourth-order valence-electron chi connectivity index (χ4n) is 2.37. The highest BCUT2D eigenvalue weighted by Gasteiger charge is 2.17. The molecule has 3 heteroatoms. The number of benzene rings is 1. The topological polar surface area (TPSA) is 42.2 Å². The van der Waals surface area contributed by atoms with Crippen molar-refractivity contribution in [3.63, 3.8) is 0 Å². The molecule has 3 nitrogen and oxygen atoms in total. The summed E-state index contributed by atoms with van der Waals surface area (Å²) in [6.45, 7) is 6.77. The molecule has 0 aliphatic carbocycles. The zero-order chi connectivity index (χ0) is 12.6. The molecule has 0 aliphatic rings. The first-order valence-corrected chi connectivity index (χ1v) is 5.94. The average molecular weight is 231 g/mol. The van der Waals surface area contributed by atoms with Gasteiger partial charge >= 0.3 is 5.97 Å². The number of hydrogen-bond donors (Lipinski definition) is 1. The van der Waals surface area contributed by atoms with Crippen LogP contribution in [-0.4, -0.2) is 15.6 Å². The van der Waals surface area contributed by atoms with Crippen LogP contribution in [0.2, 0.25) is 0 Å². The number of nitrogens with zero attached hydrogens (tertiary/aromatic N) is 1. The molecule has 90 valence electrons. The van der Waals surface area contributed by atoms with E-state index in [4.69, 9.17) is 0 Å². The van der Waals surface area contributed by atoms with Crippen LogP contribution in [0.4, 0.5) is 0 Å². The molecule has 1 N–H and O–H groups in total. The Morgan fingerprint density at radius 3 is 2.59 bits per heavy atom. The minimum Gasteiger partial charge on any atom is -0.478 e. The normalized spacial score (nSPS) is 11.0. The van der Waals surface area contributed by atoms with Gasteiger partial charge in [-0.15, -0.1) is 0 Å². The molecule has 2 rings (SSSR count). The van der Waals surface area contributed by atoms with E-state index in [0.717, 1.165) is 29.4 Å². The number of fused-ring (bicyclic) bond motifs is 1. The third kappa shape index (κ3) is 1.71. The fourth-order valence-corrected chi connectivity index (χ4v) is 2.37. The number of aromatic nitrogens is 1. The summed E-state index contributed by atoms with van der Waals surface area (Å²) in [5.74, 6) is -0.844. The zero-order valence-electron chi connectivity index (χ0n) is 10.4. The maximum Gasteiger partial charge on any atom is 0.338 e. The Bertz CT molecular complexity index is 581. The van der Waals surface area contributed by atoms with Crippen LogP contribution in [0.15, 0.2) is 18.3 Å². The zero-order valence-corrected chi connectivity index (χ0v) is 10.4. The maximum atomic E-state index is 11.4. The van der Waals surface area contributed by atoms with Crippen molar-refractivity contribution in [3.8, 4) is 0 Å². The van der Waals surface area contributed by atoms with Crippen LogP contribution >= 0.6 is 0 Å². The number of aryl methyl sites for hydroxylation is 3. The Hall–Kier alpha value is -1.77. The van der Waals surface area contributed by atoms with E-state index >= 15 is 0 Å². The van der Waals surface area contributed by atoms with E-state index in [2.05, 4.69) is 13.1 Å². The van der Waals surface area contributed by atoms with Crippen molar-refractivity contribution < 1.29 is 9.90 Å². The Labute approximate surface area is 101 Å². The van der Waals surface area contributed by atoms with Gasteiger partial charge in [0, 0.05) is 18.1 Å². The molecular weight excluding hydrogens is 214 g/mol. The second-order valence-corrected chi connectivity index (χ2v) is 4.25. The number of carboxylic acid groups (broad SMARTS) is 1. The van der Waals surface area contributed by atoms with Gasteiger partial charge in [-0.05, 0) is 31.4 Å². The predicted molar refractivity (Wildman–Crippen MR) is 68.7 cm³/mol. The summed E-state index contributed by atoms with van der Waals surface area (Å²) in [5, 5.41) is 10.4. The Kier molecular flexibility index (Phi) is 2.92. The van der Waals surface area contributed by atoms with Crippen molar-refractivity contribution in [2.75, 3.05) is 0 Å². The molecule has 0 bridgehead atoms. The highest BCUT2D eigenvalue weighted by Crippen LogP contribution is 2.27. The monoisotopic (exact) mass is 231 g/mol. The first kappa shape index (κ1) is 11.7. The Morgan fingerprint density at radius 2 is 2.06 bits per heavy atom. The Balaban J connectivity index is 2.91. The maximum absolute atomic E-state index is 11.4. The van der Waals surface area contributed by atoms with Crippen molar-refractivity contribution in [1.29, 1.82) is 0 Å². The first-order valence-electron chi connectivity index (χ1n) is 5.94. The number of hydrogen-bond acceptors (Lipinski definition) is 1. The summed E-state index contributed by atoms with van der Waals surface area (Å²) in [6, 6.07) is 3.92. The van der Waals surface area contributed by atoms with Gasteiger partial charge in [0.05, 0.1) is 11.1 Å². The highest BCUT2D eigenvalue weighted by atomic mass is 16.4. The van der Waals surface area contributed by atoms with Gasteiger partial charge in [-0.3, -0.25) is 0 Å². The molecule has 0 spiro atoms. The largest absolute Gasteiger partial charge is 0.478 e. The molecular formula is C14H17NO2. The van der Waals surface area contributed by atoms with Gasteiger partial charge in [0.25, 0.3) is 0 Å². The number of aromatic carboxylic acids is 1. The minimum absolute atomic E-state index is 0.434. The first-order chi connectivity index (χ1) is 8.10. The van der Waals surface area contributed by atoms with Gasteiger partial charge in [-0.1, -0.05) is 19.1 Å². The van der Waals surface area contributed by atoms with Gasteiger partial charge in [-0.25, -0.2) is 4.79 Å². The molecule has 0 amide bonds. The summed E-state index contributed by atoms with van der Waals surface area (Å²) in [7, 11) is 0. The number of carboxylic acids is 1. The van der Waals surface area contributed by atoms with Crippen molar-refractivity contribution in [2.45, 2.75) is 33.7 Å². The van der Waals surface area contributed by atoms with E-state index in [1.807, 2.05) is 30.5 Å². The molecule has 17 heavy (non-hydrogen) atoms. The molecule has 0 saturated heterocycles. The van der Waals surface area contributed by atoms with E-state index in [9.17, 15) is 9.90 Å². The molecule has 0 unspecified atom stereocenters. The second kappa shape index (κ2) is 4.24. The quantitative estimate of drug-likeness (QED) is 0.881. The van der Waals surface area contributed by atoms with Crippen LogP contribution in [0.25, 0.3) is 10.9 Å². The lowest BCUT2D eigenvalue weighted by molar-refractivity contribution is 0.0698. The number of carbonyl (C=O) groups is 1. The predicted octanol–water partition coefficient (Wildman–Crippen LogP) is 3.23. The third-order valence-corrected chi connectivity index (χ3v) is 3.27. The van der Waals surface area contributed by atoms with Crippen molar-refractivity contribution in [2.24, 2.45) is 0 Å². The van der Waals surface area contributed by atoms with Crippen LogP contribution in [0.1, 0.15) is 35.3 Å². The number of rotatable bonds is 3. The minimum atomic E-state index is -0.844. The molecule has 0 saturated carbocycles. The Morgan fingerprint density at radius 1 is 1.35 bits per heavy atom. The van der Waals surface area contributed by atoms with E-state index in [1.54, 1.807) is 0 Å². The van der Waals surface area contributed by atoms with E-state index in [-0.39, 0.29) is 0 Å². The second-order valence-electron chi connectivity index (χ2n) is 4.25. The molecule has 0 atom stereocenters. The van der Waals surface area contributed by atoms with Crippen LogP contribution in [0, 0.1) is 6.92 Å². The summed E-state index contributed by atoms with van der Waals surface area (Å²) < 4.78 is 2.03. The van der Waals surface area contributed by atoms with Gasteiger partial charge in [0.1, 0.15) is 0 Å². The molecule has 1 aromatic carbocycles. The summed E-state index contributed by atoms with van der Waals surface area (Å²) >= 11 is 0. The molecule has 0 radical (unpaired) electrons. The molecule has 1 aromatic heterocycles. The lowest BCUT2D eigenvalue weighted by Gasteiger charge is -2.07. The summed E-state index contributed by atoms with van der Waals surface area (Å²) in [4.78, 5) is 11.4. The van der Waals surface area contributed by atoms with Crippen LogP contribution < -0.4 is 0 Å². The SMILES string of the molecule is CCc1cn(CC)c2c(C(=O)O)c(C)ccc12. The van der Waals surface area contributed by atoms with E-state index in [1.165, 1.54) is 5.56 Å².